The van der Waals surface area contributed by atoms with Gasteiger partial charge < -0.3 is 5.32 Å². The number of aromatic nitrogens is 2. The number of nitrogens with one attached hydrogen (secondary N) is 1. The van der Waals surface area contributed by atoms with Gasteiger partial charge in [0, 0.05) is 16.8 Å². The molecule has 0 saturated heterocycles. The smallest absolute Gasteiger partial charge is 0.262 e. The van der Waals surface area contributed by atoms with Gasteiger partial charge in [0.25, 0.3) is 5.56 Å². The van der Waals surface area contributed by atoms with Crippen molar-refractivity contribution in [3.63, 3.8) is 0 Å². The van der Waals surface area contributed by atoms with E-state index in [0.717, 1.165) is 17.7 Å². The lowest BCUT2D eigenvalue weighted by molar-refractivity contribution is -0.113. The number of halogens is 1. The fraction of sp³-hybridized carbons (Fsp3) is 0.286. The molecule has 3 rings (SSSR count). The monoisotopic (exact) mass is 415 g/mol. The van der Waals surface area contributed by atoms with Crippen molar-refractivity contribution in [1.29, 1.82) is 0 Å². The SMILES string of the molecule is CCc1cccc(NC(=O)CSc2nc3cc(Cl)ccc3c(=O)n2C(C)C)c1. The second-order valence-corrected chi connectivity index (χ2v) is 8.09. The summed E-state index contributed by atoms with van der Waals surface area (Å²) >= 11 is 7.29. The van der Waals surface area contributed by atoms with Crippen LogP contribution >= 0.6 is 23.4 Å². The van der Waals surface area contributed by atoms with Crippen molar-refractivity contribution in [2.45, 2.75) is 38.4 Å². The number of fused-ring (bicyclic) bond motifs is 1. The van der Waals surface area contributed by atoms with Crippen molar-refractivity contribution >= 4 is 45.9 Å². The molecule has 0 aliphatic carbocycles. The molecule has 0 fully saturated rings. The number of aryl methyl sites for hydroxylation is 1. The van der Waals surface area contributed by atoms with E-state index in [1.165, 1.54) is 11.8 Å². The summed E-state index contributed by atoms with van der Waals surface area (Å²) in [6.07, 6.45) is 0.905. The van der Waals surface area contributed by atoms with Gasteiger partial charge in [-0.1, -0.05) is 42.4 Å². The van der Waals surface area contributed by atoms with Crippen LogP contribution in [-0.2, 0) is 11.2 Å². The highest BCUT2D eigenvalue weighted by atomic mass is 35.5. The number of nitrogens with zero attached hydrogens (tertiary/aromatic N) is 2. The van der Waals surface area contributed by atoms with E-state index in [4.69, 9.17) is 11.6 Å². The first-order chi connectivity index (χ1) is 13.4. The van der Waals surface area contributed by atoms with E-state index in [1.807, 2.05) is 38.1 Å². The van der Waals surface area contributed by atoms with Crippen LogP contribution in [0.25, 0.3) is 10.9 Å². The van der Waals surface area contributed by atoms with Gasteiger partial charge in [-0.25, -0.2) is 4.98 Å². The summed E-state index contributed by atoms with van der Waals surface area (Å²) in [5.41, 5.74) is 2.33. The number of carbonyl (C=O) groups excluding carboxylic acids is 1. The normalized spacial score (nSPS) is 11.2. The highest BCUT2D eigenvalue weighted by Crippen LogP contribution is 2.23. The van der Waals surface area contributed by atoms with Crippen LogP contribution in [0.3, 0.4) is 0 Å². The standard InChI is InChI=1S/C21H22ClN3O2S/c1-4-14-6-5-7-16(10-14)23-19(26)12-28-21-24-18-11-15(22)8-9-17(18)20(27)25(21)13(2)3/h5-11,13H,4,12H2,1-3H3,(H,23,26). The highest BCUT2D eigenvalue weighted by Gasteiger charge is 2.16. The average molecular weight is 416 g/mol. The maximum absolute atomic E-state index is 12.9. The predicted octanol–water partition coefficient (Wildman–Crippen LogP) is 4.92. The number of carbonyl (C=O) groups is 1. The molecule has 0 bridgehead atoms. The Bertz CT molecular complexity index is 1080. The largest absolute Gasteiger partial charge is 0.325 e. The first kappa shape index (κ1) is 20.4. The van der Waals surface area contributed by atoms with E-state index in [-0.39, 0.29) is 23.3 Å². The molecule has 0 spiro atoms. The minimum atomic E-state index is -0.144. The third kappa shape index (κ3) is 4.56. The third-order valence-electron chi connectivity index (χ3n) is 4.30. The molecule has 0 radical (unpaired) electrons. The Hall–Kier alpha value is -2.31. The summed E-state index contributed by atoms with van der Waals surface area (Å²) in [6, 6.07) is 12.7. The Morgan fingerprint density at radius 2 is 2.04 bits per heavy atom. The van der Waals surface area contributed by atoms with Crippen LogP contribution in [-0.4, -0.2) is 21.2 Å². The van der Waals surface area contributed by atoms with Gasteiger partial charge in [0.05, 0.1) is 16.7 Å². The van der Waals surface area contributed by atoms with Crippen molar-refractivity contribution < 1.29 is 4.79 Å². The van der Waals surface area contributed by atoms with E-state index < -0.39 is 0 Å². The summed E-state index contributed by atoms with van der Waals surface area (Å²) in [4.78, 5) is 29.9. The summed E-state index contributed by atoms with van der Waals surface area (Å²) in [5, 5.41) is 4.44. The second kappa shape index (κ2) is 8.80. The van der Waals surface area contributed by atoms with Gasteiger partial charge in [0.1, 0.15) is 0 Å². The van der Waals surface area contributed by atoms with Crippen LogP contribution in [0, 0.1) is 0 Å². The zero-order valence-electron chi connectivity index (χ0n) is 16.0. The van der Waals surface area contributed by atoms with Crippen molar-refractivity contribution in [3.05, 3.63) is 63.4 Å². The van der Waals surface area contributed by atoms with Crippen molar-refractivity contribution in [1.82, 2.24) is 9.55 Å². The van der Waals surface area contributed by atoms with E-state index >= 15 is 0 Å². The first-order valence-electron chi connectivity index (χ1n) is 9.12. The average Bonchev–Trinajstić information content (AvgIpc) is 2.65. The second-order valence-electron chi connectivity index (χ2n) is 6.72. The molecular weight excluding hydrogens is 394 g/mol. The van der Waals surface area contributed by atoms with E-state index in [2.05, 4.69) is 17.2 Å². The number of hydrogen-bond acceptors (Lipinski definition) is 4. The van der Waals surface area contributed by atoms with Crippen LogP contribution in [0.1, 0.15) is 32.4 Å². The number of benzene rings is 2. The molecule has 0 unspecified atom stereocenters. The van der Waals surface area contributed by atoms with Crippen LogP contribution in [0.2, 0.25) is 5.02 Å². The molecule has 146 valence electrons. The molecule has 1 heterocycles. The molecule has 0 aliphatic rings. The molecule has 7 heteroatoms. The summed E-state index contributed by atoms with van der Waals surface area (Å²) in [5.74, 6) is 0.00991. The minimum Gasteiger partial charge on any atom is -0.325 e. The van der Waals surface area contributed by atoms with Gasteiger partial charge >= 0.3 is 0 Å². The van der Waals surface area contributed by atoms with E-state index in [0.29, 0.717) is 21.1 Å². The number of amides is 1. The molecule has 1 amide bonds. The highest BCUT2D eigenvalue weighted by molar-refractivity contribution is 7.99. The molecule has 3 aromatic rings. The van der Waals surface area contributed by atoms with E-state index in [1.54, 1.807) is 22.8 Å². The number of thioether (sulfide) groups is 1. The zero-order valence-corrected chi connectivity index (χ0v) is 17.6. The molecule has 0 saturated carbocycles. The molecule has 5 nitrogen and oxygen atoms in total. The van der Waals surface area contributed by atoms with Crippen molar-refractivity contribution in [3.8, 4) is 0 Å². The Morgan fingerprint density at radius 3 is 2.75 bits per heavy atom. The van der Waals surface area contributed by atoms with Crippen molar-refractivity contribution in [2.75, 3.05) is 11.1 Å². The number of hydrogen-bond donors (Lipinski definition) is 1. The molecule has 28 heavy (non-hydrogen) atoms. The quantitative estimate of drug-likeness (QED) is 0.458. The molecule has 2 aromatic carbocycles. The van der Waals surface area contributed by atoms with Crippen LogP contribution in [0.5, 0.6) is 0 Å². The first-order valence-corrected chi connectivity index (χ1v) is 10.5. The van der Waals surface area contributed by atoms with Crippen LogP contribution in [0.4, 0.5) is 5.69 Å². The Morgan fingerprint density at radius 1 is 1.25 bits per heavy atom. The summed E-state index contributed by atoms with van der Waals surface area (Å²) in [6.45, 7) is 5.91. The van der Waals surface area contributed by atoms with Gasteiger partial charge in [-0.05, 0) is 56.2 Å². The van der Waals surface area contributed by atoms with Gasteiger partial charge in [-0.3, -0.25) is 14.2 Å². The van der Waals surface area contributed by atoms with Gasteiger partial charge in [-0.2, -0.15) is 0 Å². The summed E-state index contributed by atoms with van der Waals surface area (Å²) in [7, 11) is 0. The topological polar surface area (TPSA) is 64.0 Å². The lowest BCUT2D eigenvalue weighted by Crippen LogP contribution is -2.25. The Labute approximate surface area is 173 Å². The molecule has 0 aliphatic heterocycles. The van der Waals surface area contributed by atoms with Gasteiger partial charge in [0.15, 0.2) is 5.16 Å². The Balaban J connectivity index is 1.83. The third-order valence-corrected chi connectivity index (χ3v) is 5.49. The fourth-order valence-electron chi connectivity index (χ4n) is 2.91. The summed E-state index contributed by atoms with van der Waals surface area (Å²) < 4.78 is 1.62. The van der Waals surface area contributed by atoms with Gasteiger partial charge in [-0.15, -0.1) is 0 Å². The van der Waals surface area contributed by atoms with Crippen molar-refractivity contribution in [2.24, 2.45) is 0 Å². The van der Waals surface area contributed by atoms with Crippen LogP contribution in [0.15, 0.2) is 52.4 Å². The lowest BCUT2D eigenvalue weighted by atomic mass is 10.1. The predicted molar refractivity (Wildman–Crippen MR) is 117 cm³/mol. The zero-order chi connectivity index (χ0) is 20.3. The van der Waals surface area contributed by atoms with Crippen LogP contribution < -0.4 is 10.9 Å². The minimum absolute atomic E-state index is 0.0770. The molecular formula is C21H22ClN3O2S. The maximum Gasteiger partial charge on any atom is 0.262 e. The van der Waals surface area contributed by atoms with E-state index in [9.17, 15) is 9.59 Å². The number of rotatable bonds is 6. The molecule has 0 atom stereocenters. The molecule has 1 N–H and O–H groups in total. The maximum atomic E-state index is 12.9. The fourth-order valence-corrected chi connectivity index (χ4v) is 4.00. The number of anilines is 1. The molecule has 1 aromatic heterocycles. The lowest BCUT2D eigenvalue weighted by Gasteiger charge is -2.16. The van der Waals surface area contributed by atoms with Gasteiger partial charge in [0.2, 0.25) is 5.91 Å². The Kier molecular flexibility index (Phi) is 6.42.